The van der Waals surface area contributed by atoms with Crippen LogP contribution in [0.1, 0.15) is 17.4 Å². The van der Waals surface area contributed by atoms with Crippen LogP contribution >= 0.6 is 0 Å². The van der Waals surface area contributed by atoms with Gasteiger partial charge in [-0.05, 0) is 18.2 Å². The molecular formula is C13H14FN3O3. The van der Waals surface area contributed by atoms with Crippen molar-refractivity contribution in [2.45, 2.75) is 6.10 Å². The molecule has 1 unspecified atom stereocenters. The Labute approximate surface area is 115 Å². The molecule has 1 atom stereocenters. The molecule has 2 aromatic rings. The quantitative estimate of drug-likeness (QED) is 0.820. The summed E-state index contributed by atoms with van der Waals surface area (Å²) < 4.78 is 23.2. The Morgan fingerprint density at radius 2 is 2.05 bits per heavy atom. The highest BCUT2D eigenvalue weighted by molar-refractivity contribution is 5.51. The lowest BCUT2D eigenvalue weighted by molar-refractivity contribution is 0.207. The van der Waals surface area contributed by atoms with Crippen molar-refractivity contribution < 1.29 is 19.0 Å². The second-order valence-electron chi connectivity index (χ2n) is 3.98. The van der Waals surface area contributed by atoms with Crippen LogP contribution in [0.3, 0.4) is 0 Å². The van der Waals surface area contributed by atoms with Gasteiger partial charge >= 0.3 is 0 Å². The van der Waals surface area contributed by atoms with Crippen molar-refractivity contribution in [3.05, 3.63) is 41.5 Å². The third kappa shape index (κ3) is 2.62. The van der Waals surface area contributed by atoms with Gasteiger partial charge in [0.15, 0.2) is 0 Å². The summed E-state index contributed by atoms with van der Waals surface area (Å²) in [5, 5.41) is 10.3. The number of methoxy groups -OCH3 is 2. The largest absolute Gasteiger partial charge is 0.480 e. The smallest absolute Gasteiger partial charge is 0.241 e. The summed E-state index contributed by atoms with van der Waals surface area (Å²) in [5.41, 5.74) is 6.31. The van der Waals surface area contributed by atoms with Gasteiger partial charge in [0.25, 0.3) is 0 Å². The Hall–Kier alpha value is -2.41. The van der Waals surface area contributed by atoms with Crippen LogP contribution < -0.4 is 15.2 Å². The van der Waals surface area contributed by atoms with Crippen molar-refractivity contribution in [1.29, 1.82) is 0 Å². The lowest BCUT2D eigenvalue weighted by Gasteiger charge is -2.15. The van der Waals surface area contributed by atoms with Gasteiger partial charge in [-0.1, -0.05) is 0 Å². The predicted molar refractivity (Wildman–Crippen MR) is 70.0 cm³/mol. The van der Waals surface area contributed by atoms with E-state index in [4.69, 9.17) is 15.2 Å². The summed E-state index contributed by atoms with van der Waals surface area (Å²) in [5.74, 6) is -0.181. The topological polar surface area (TPSA) is 90.5 Å². The average molecular weight is 279 g/mol. The second kappa shape index (κ2) is 5.70. The molecule has 3 N–H and O–H groups in total. The molecule has 1 heterocycles. The molecule has 0 aliphatic heterocycles. The molecule has 0 aliphatic carbocycles. The average Bonchev–Trinajstić information content (AvgIpc) is 2.48. The van der Waals surface area contributed by atoms with Gasteiger partial charge in [0.2, 0.25) is 11.8 Å². The fourth-order valence-electron chi connectivity index (χ4n) is 1.73. The summed E-state index contributed by atoms with van der Waals surface area (Å²) in [4.78, 5) is 8.03. The van der Waals surface area contributed by atoms with Crippen molar-refractivity contribution in [2.24, 2.45) is 0 Å². The van der Waals surface area contributed by atoms with E-state index in [9.17, 15) is 9.50 Å². The van der Waals surface area contributed by atoms with Crippen molar-refractivity contribution >= 4 is 5.69 Å². The first-order chi connectivity index (χ1) is 9.56. The fourth-order valence-corrected chi connectivity index (χ4v) is 1.73. The van der Waals surface area contributed by atoms with Gasteiger partial charge < -0.3 is 20.3 Å². The number of rotatable bonds is 4. The summed E-state index contributed by atoms with van der Waals surface area (Å²) >= 11 is 0. The van der Waals surface area contributed by atoms with E-state index in [1.807, 2.05) is 0 Å². The van der Waals surface area contributed by atoms with Gasteiger partial charge in [-0.3, -0.25) is 0 Å². The molecule has 0 saturated carbocycles. The second-order valence-corrected chi connectivity index (χ2v) is 3.98. The van der Waals surface area contributed by atoms with Crippen LogP contribution in [0.2, 0.25) is 0 Å². The molecule has 0 bridgehead atoms. The van der Waals surface area contributed by atoms with Crippen LogP contribution in [0.5, 0.6) is 11.8 Å². The third-order valence-electron chi connectivity index (χ3n) is 2.75. The Morgan fingerprint density at radius 3 is 2.70 bits per heavy atom. The van der Waals surface area contributed by atoms with Crippen molar-refractivity contribution in [1.82, 2.24) is 9.97 Å². The number of aliphatic hydroxyl groups excluding tert-OH is 1. The summed E-state index contributed by atoms with van der Waals surface area (Å²) in [6.07, 6.45) is 0.0790. The number of benzene rings is 1. The van der Waals surface area contributed by atoms with Gasteiger partial charge in [-0.2, -0.15) is 4.98 Å². The first-order valence-corrected chi connectivity index (χ1v) is 5.74. The molecule has 0 saturated heterocycles. The minimum absolute atomic E-state index is 0.0838. The number of ether oxygens (including phenoxy) is 2. The van der Waals surface area contributed by atoms with Gasteiger partial charge in [-0.15, -0.1) is 0 Å². The maximum Gasteiger partial charge on any atom is 0.241 e. The van der Waals surface area contributed by atoms with Gasteiger partial charge in [0.05, 0.1) is 20.4 Å². The molecule has 0 spiro atoms. The summed E-state index contributed by atoms with van der Waals surface area (Å²) in [7, 11) is 2.82. The first-order valence-electron chi connectivity index (χ1n) is 5.74. The monoisotopic (exact) mass is 279 g/mol. The SMILES string of the molecule is COc1cnc(C(O)c2cc(F)ccc2N)c(OC)n1. The summed E-state index contributed by atoms with van der Waals surface area (Å²) in [6.45, 7) is 0. The van der Waals surface area contributed by atoms with Crippen LogP contribution in [-0.4, -0.2) is 29.3 Å². The first kappa shape index (κ1) is 14.0. The predicted octanol–water partition coefficient (Wildman–Crippen LogP) is 1.30. The molecule has 1 aromatic carbocycles. The van der Waals surface area contributed by atoms with Gasteiger partial charge in [0, 0.05) is 11.3 Å². The Balaban J connectivity index is 2.47. The number of anilines is 1. The van der Waals surface area contributed by atoms with Crippen molar-refractivity contribution in [3.8, 4) is 11.8 Å². The standard InChI is InChI=1S/C13H14FN3O3/c1-19-10-6-16-11(13(17-10)20-2)12(18)8-5-7(14)3-4-9(8)15/h3-6,12,18H,15H2,1-2H3. The van der Waals surface area contributed by atoms with E-state index in [2.05, 4.69) is 9.97 Å². The zero-order valence-corrected chi connectivity index (χ0v) is 11.0. The normalized spacial score (nSPS) is 12.0. The number of halogens is 1. The van der Waals surface area contributed by atoms with E-state index in [0.29, 0.717) is 0 Å². The zero-order valence-electron chi connectivity index (χ0n) is 11.0. The van der Waals surface area contributed by atoms with Gasteiger partial charge in [0.1, 0.15) is 17.6 Å². The highest BCUT2D eigenvalue weighted by atomic mass is 19.1. The van der Waals surface area contributed by atoms with E-state index >= 15 is 0 Å². The third-order valence-corrected chi connectivity index (χ3v) is 2.75. The Bertz CT molecular complexity index is 622. The minimum atomic E-state index is -1.25. The molecule has 0 radical (unpaired) electrons. The number of aromatic nitrogens is 2. The Kier molecular flexibility index (Phi) is 3.99. The maximum atomic E-state index is 13.3. The molecule has 0 amide bonds. The van der Waals surface area contributed by atoms with Crippen LogP contribution in [0, 0.1) is 5.82 Å². The number of nitrogen functional groups attached to an aromatic ring is 1. The lowest BCUT2D eigenvalue weighted by Crippen LogP contribution is -2.09. The number of hydrogen-bond acceptors (Lipinski definition) is 6. The van der Waals surface area contributed by atoms with Crippen LogP contribution in [0.4, 0.5) is 10.1 Å². The molecule has 0 aliphatic rings. The molecule has 20 heavy (non-hydrogen) atoms. The fraction of sp³-hybridized carbons (Fsp3) is 0.231. The van der Waals surface area contributed by atoms with E-state index in [1.54, 1.807) is 0 Å². The maximum absolute atomic E-state index is 13.3. The number of hydrogen-bond donors (Lipinski definition) is 2. The van der Waals surface area contributed by atoms with Crippen LogP contribution in [-0.2, 0) is 0 Å². The zero-order chi connectivity index (χ0) is 14.7. The molecular weight excluding hydrogens is 265 g/mol. The van der Waals surface area contributed by atoms with E-state index < -0.39 is 11.9 Å². The lowest BCUT2D eigenvalue weighted by atomic mass is 10.0. The van der Waals surface area contributed by atoms with E-state index in [0.717, 1.165) is 6.07 Å². The molecule has 106 valence electrons. The van der Waals surface area contributed by atoms with Crippen LogP contribution in [0.25, 0.3) is 0 Å². The Morgan fingerprint density at radius 1 is 1.30 bits per heavy atom. The highest BCUT2D eigenvalue weighted by Crippen LogP contribution is 2.31. The van der Waals surface area contributed by atoms with Gasteiger partial charge in [-0.25, -0.2) is 9.37 Å². The van der Waals surface area contributed by atoms with E-state index in [1.165, 1.54) is 32.5 Å². The minimum Gasteiger partial charge on any atom is -0.480 e. The van der Waals surface area contributed by atoms with E-state index in [-0.39, 0.29) is 28.7 Å². The summed E-state index contributed by atoms with van der Waals surface area (Å²) in [6, 6.07) is 3.73. The number of aliphatic hydroxyl groups is 1. The molecule has 2 rings (SSSR count). The molecule has 6 nitrogen and oxygen atoms in total. The molecule has 0 fully saturated rings. The van der Waals surface area contributed by atoms with Crippen LogP contribution in [0.15, 0.2) is 24.4 Å². The number of nitrogens with two attached hydrogens (primary N) is 1. The molecule has 7 heteroatoms. The van der Waals surface area contributed by atoms with Crippen molar-refractivity contribution in [2.75, 3.05) is 20.0 Å². The molecule has 1 aromatic heterocycles. The number of nitrogens with zero attached hydrogens (tertiary/aromatic N) is 2. The highest BCUT2D eigenvalue weighted by Gasteiger charge is 2.21. The van der Waals surface area contributed by atoms with Crippen molar-refractivity contribution in [3.63, 3.8) is 0 Å².